The van der Waals surface area contributed by atoms with E-state index in [1.165, 1.54) is 64.9 Å². The van der Waals surface area contributed by atoms with E-state index in [1.807, 2.05) is 0 Å². The van der Waals surface area contributed by atoms with Gasteiger partial charge in [-0.1, -0.05) is 26.2 Å². The maximum absolute atomic E-state index is 15.2. The van der Waals surface area contributed by atoms with Gasteiger partial charge in [-0.2, -0.15) is 0 Å². The molecule has 1 nitrogen and oxygen atoms in total. The van der Waals surface area contributed by atoms with Crippen LogP contribution in [0.1, 0.15) is 96.8 Å². The summed E-state index contributed by atoms with van der Waals surface area (Å²) in [5, 5.41) is 0. The van der Waals surface area contributed by atoms with Crippen LogP contribution in [0.4, 0.5) is 13.2 Å². The van der Waals surface area contributed by atoms with Crippen molar-refractivity contribution in [3.8, 4) is 0 Å². The summed E-state index contributed by atoms with van der Waals surface area (Å²) in [6.45, 7) is 2.33. The predicted molar refractivity (Wildman–Crippen MR) is 120 cm³/mol. The monoisotopic (exact) mass is 442 g/mol. The van der Waals surface area contributed by atoms with Gasteiger partial charge in [-0.05, 0) is 112 Å². The first kappa shape index (κ1) is 23.9. The first-order chi connectivity index (χ1) is 15.0. The molecule has 4 fully saturated rings. The van der Waals surface area contributed by atoms with Gasteiger partial charge in [-0.25, -0.2) is 13.2 Å². The van der Waals surface area contributed by atoms with Gasteiger partial charge in [-0.15, -0.1) is 0 Å². The summed E-state index contributed by atoms with van der Waals surface area (Å²) in [4.78, 5) is 0. The molecule has 0 heterocycles. The molecule has 4 saturated carbocycles. The minimum atomic E-state index is -1.30. The fourth-order valence-electron chi connectivity index (χ4n) is 8.10. The molecule has 0 aliphatic heterocycles. The van der Waals surface area contributed by atoms with Crippen molar-refractivity contribution >= 4 is 0 Å². The second-order valence-electron chi connectivity index (χ2n) is 11.6. The zero-order chi connectivity index (χ0) is 22.0. The number of methoxy groups -OCH3 is 1. The van der Waals surface area contributed by atoms with Crippen LogP contribution < -0.4 is 0 Å². The molecule has 31 heavy (non-hydrogen) atoms. The fourth-order valence-corrected chi connectivity index (χ4v) is 8.10. The van der Waals surface area contributed by atoms with Gasteiger partial charge >= 0.3 is 0 Å². The van der Waals surface area contributed by atoms with Crippen molar-refractivity contribution in [3.05, 3.63) is 0 Å². The molecule has 4 aliphatic carbocycles. The zero-order valence-corrected chi connectivity index (χ0v) is 19.8. The SMILES string of the molecule is CCC1CCC(C2CCC(C3CCC(C4CC(F)C(OC)C(F)C4)C(F)C3)CC2)CC1. The highest BCUT2D eigenvalue weighted by Crippen LogP contribution is 2.49. The highest BCUT2D eigenvalue weighted by molar-refractivity contribution is 4.95. The van der Waals surface area contributed by atoms with Gasteiger partial charge in [0.25, 0.3) is 0 Å². The standard InChI is InChI=1S/C27H45F3O/c1-3-17-4-6-18(7-5-17)19-8-10-20(11-9-19)21-12-13-23(24(28)14-21)22-15-25(29)27(31-2)26(30)16-22/h17-27H,3-16H2,1-2H3. The molecule has 4 aliphatic rings. The molecule has 0 spiro atoms. The molecule has 0 amide bonds. The van der Waals surface area contributed by atoms with E-state index in [0.717, 1.165) is 30.6 Å². The van der Waals surface area contributed by atoms with Crippen LogP contribution in [0.3, 0.4) is 0 Å². The number of rotatable bonds is 5. The van der Waals surface area contributed by atoms with E-state index in [4.69, 9.17) is 4.74 Å². The lowest BCUT2D eigenvalue weighted by Crippen LogP contribution is -2.46. The number of ether oxygens (including phenoxy) is 1. The molecule has 4 rings (SSSR count). The Morgan fingerprint density at radius 3 is 1.52 bits per heavy atom. The summed E-state index contributed by atoms with van der Waals surface area (Å²) >= 11 is 0. The molecular weight excluding hydrogens is 397 g/mol. The zero-order valence-electron chi connectivity index (χ0n) is 19.8. The summed E-state index contributed by atoms with van der Waals surface area (Å²) in [6.07, 6.45) is 10.9. The van der Waals surface area contributed by atoms with Gasteiger partial charge in [0.2, 0.25) is 0 Å². The van der Waals surface area contributed by atoms with Crippen LogP contribution in [0.5, 0.6) is 0 Å². The minimum Gasteiger partial charge on any atom is -0.375 e. The van der Waals surface area contributed by atoms with Crippen LogP contribution in [0.15, 0.2) is 0 Å². The summed E-state index contributed by atoms with van der Waals surface area (Å²) in [5.41, 5.74) is 0. The Bertz CT molecular complexity index is 529. The maximum atomic E-state index is 15.2. The van der Waals surface area contributed by atoms with E-state index in [9.17, 15) is 8.78 Å². The summed E-state index contributed by atoms with van der Waals surface area (Å²) in [7, 11) is 1.37. The van der Waals surface area contributed by atoms with Gasteiger partial charge in [0.05, 0.1) is 0 Å². The molecule has 0 aromatic rings. The first-order valence-electron chi connectivity index (χ1n) is 13.4. The molecule has 0 aromatic heterocycles. The van der Waals surface area contributed by atoms with Crippen molar-refractivity contribution < 1.29 is 17.9 Å². The second kappa shape index (κ2) is 10.8. The van der Waals surface area contributed by atoms with Crippen LogP contribution in [0, 0.1) is 41.4 Å². The van der Waals surface area contributed by atoms with Crippen LogP contribution in [-0.4, -0.2) is 31.7 Å². The van der Waals surface area contributed by atoms with Gasteiger partial charge in [0.15, 0.2) is 0 Å². The lowest BCUT2D eigenvalue weighted by molar-refractivity contribution is -0.0803. The Hall–Kier alpha value is -0.250. The van der Waals surface area contributed by atoms with Crippen molar-refractivity contribution in [1.82, 2.24) is 0 Å². The lowest BCUT2D eigenvalue weighted by atomic mass is 9.62. The Morgan fingerprint density at radius 2 is 1.03 bits per heavy atom. The van der Waals surface area contributed by atoms with Crippen molar-refractivity contribution in [2.24, 2.45) is 41.4 Å². The molecular formula is C27H45F3O. The fraction of sp³-hybridized carbons (Fsp3) is 1.00. The van der Waals surface area contributed by atoms with E-state index >= 15 is 4.39 Å². The minimum absolute atomic E-state index is 0.157. The second-order valence-corrected chi connectivity index (χ2v) is 11.6. The van der Waals surface area contributed by atoms with Gasteiger partial charge in [0.1, 0.15) is 24.6 Å². The molecule has 5 atom stereocenters. The number of alkyl halides is 3. The van der Waals surface area contributed by atoms with E-state index in [1.54, 1.807) is 0 Å². The highest BCUT2D eigenvalue weighted by Gasteiger charge is 2.46. The van der Waals surface area contributed by atoms with Crippen LogP contribution in [-0.2, 0) is 4.74 Å². The van der Waals surface area contributed by atoms with Crippen molar-refractivity contribution in [2.75, 3.05) is 7.11 Å². The normalized spacial score (nSPS) is 49.6. The van der Waals surface area contributed by atoms with Crippen molar-refractivity contribution in [1.29, 1.82) is 0 Å². The number of hydrogen-bond acceptors (Lipinski definition) is 1. The summed E-state index contributed by atoms with van der Waals surface area (Å²) in [5.74, 6) is 3.66. The predicted octanol–water partition coefficient (Wildman–Crippen LogP) is 7.86. The molecule has 0 bridgehead atoms. The van der Waals surface area contributed by atoms with Gasteiger partial charge in [-0.3, -0.25) is 0 Å². The molecule has 0 aromatic carbocycles. The third-order valence-corrected chi connectivity index (χ3v) is 10.1. The Morgan fingerprint density at radius 1 is 0.581 bits per heavy atom. The Kier molecular flexibility index (Phi) is 8.31. The maximum Gasteiger partial charge on any atom is 0.129 e. The molecule has 0 N–H and O–H groups in total. The number of halogens is 3. The topological polar surface area (TPSA) is 9.23 Å². The third-order valence-electron chi connectivity index (χ3n) is 10.1. The van der Waals surface area contributed by atoms with Crippen LogP contribution in [0.25, 0.3) is 0 Å². The smallest absolute Gasteiger partial charge is 0.129 e. The summed E-state index contributed by atoms with van der Waals surface area (Å²) < 4.78 is 48.9. The Balaban J connectivity index is 1.23. The third kappa shape index (κ3) is 5.46. The van der Waals surface area contributed by atoms with Crippen molar-refractivity contribution in [2.45, 2.75) is 121 Å². The van der Waals surface area contributed by atoms with E-state index in [0.29, 0.717) is 18.3 Å². The molecule has 5 unspecified atom stereocenters. The van der Waals surface area contributed by atoms with Crippen LogP contribution in [0.2, 0.25) is 0 Å². The quantitative estimate of drug-likeness (QED) is 0.421. The Labute approximate surface area is 188 Å². The number of hydrogen-bond donors (Lipinski definition) is 0. The highest BCUT2D eigenvalue weighted by atomic mass is 19.1. The molecule has 180 valence electrons. The lowest BCUT2D eigenvalue weighted by Gasteiger charge is -2.45. The largest absolute Gasteiger partial charge is 0.375 e. The van der Waals surface area contributed by atoms with Crippen LogP contribution >= 0.6 is 0 Å². The molecule has 0 saturated heterocycles. The van der Waals surface area contributed by atoms with E-state index in [-0.39, 0.29) is 24.7 Å². The summed E-state index contributed by atoms with van der Waals surface area (Å²) in [6, 6.07) is 0. The average molecular weight is 443 g/mol. The molecule has 4 heteroatoms. The average Bonchev–Trinajstić information content (AvgIpc) is 2.79. The van der Waals surface area contributed by atoms with Gasteiger partial charge in [0, 0.05) is 7.11 Å². The first-order valence-corrected chi connectivity index (χ1v) is 13.4. The van der Waals surface area contributed by atoms with E-state index < -0.39 is 24.6 Å². The van der Waals surface area contributed by atoms with Gasteiger partial charge < -0.3 is 4.74 Å². The van der Waals surface area contributed by atoms with E-state index in [2.05, 4.69) is 6.92 Å². The van der Waals surface area contributed by atoms with Crippen molar-refractivity contribution in [3.63, 3.8) is 0 Å². The molecule has 0 radical (unpaired) electrons.